The fourth-order valence-electron chi connectivity index (χ4n) is 2.28. The van der Waals surface area contributed by atoms with Gasteiger partial charge in [-0.15, -0.1) is 0 Å². The number of ether oxygens (including phenoxy) is 1. The molecule has 19 heavy (non-hydrogen) atoms. The van der Waals surface area contributed by atoms with E-state index in [1.807, 2.05) is 0 Å². The van der Waals surface area contributed by atoms with Gasteiger partial charge in [-0.2, -0.15) is 0 Å². The molecule has 0 aromatic rings. The van der Waals surface area contributed by atoms with Crippen LogP contribution < -0.4 is 0 Å². The first-order chi connectivity index (χ1) is 9.27. The highest BCUT2D eigenvalue weighted by atomic mass is 16.5. The van der Waals surface area contributed by atoms with E-state index in [1.165, 1.54) is 64.2 Å². The maximum atomic E-state index is 5.63. The lowest BCUT2D eigenvalue weighted by Gasteiger charge is -2.09. The molecule has 0 bridgehead atoms. The van der Waals surface area contributed by atoms with Crippen molar-refractivity contribution >= 4 is 0 Å². The SMILES string of the molecule is CCCCCCCCCCCCOCCCN(C)C. The van der Waals surface area contributed by atoms with Crippen molar-refractivity contribution in [2.75, 3.05) is 33.9 Å². The van der Waals surface area contributed by atoms with Gasteiger partial charge in [0.05, 0.1) is 0 Å². The lowest BCUT2D eigenvalue weighted by atomic mass is 10.1. The van der Waals surface area contributed by atoms with Gasteiger partial charge in [-0.25, -0.2) is 0 Å². The fraction of sp³-hybridized carbons (Fsp3) is 1.00. The predicted octanol–water partition coefficient (Wildman–Crippen LogP) is 4.88. The Morgan fingerprint density at radius 2 is 1.11 bits per heavy atom. The third kappa shape index (κ3) is 17.9. The first-order valence-corrected chi connectivity index (χ1v) is 8.50. The second-order valence-electron chi connectivity index (χ2n) is 5.95. The second-order valence-corrected chi connectivity index (χ2v) is 5.95. The lowest BCUT2D eigenvalue weighted by molar-refractivity contribution is 0.122. The van der Waals surface area contributed by atoms with Crippen LogP contribution in [0.5, 0.6) is 0 Å². The normalized spacial score (nSPS) is 11.4. The molecule has 0 spiro atoms. The smallest absolute Gasteiger partial charge is 0.0478 e. The average molecular weight is 271 g/mol. The van der Waals surface area contributed by atoms with Crippen LogP contribution in [0, 0.1) is 0 Å². The van der Waals surface area contributed by atoms with Crippen LogP contribution in [0.2, 0.25) is 0 Å². The Bertz CT molecular complexity index is 159. The van der Waals surface area contributed by atoms with Crippen molar-refractivity contribution in [3.8, 4) is 0 Å². The number of unbranched alkanes of at least 4 members (excludes halogenated alkanes) is 9. The van der Waals surface area contributed by atoms with Gasteiger partial charge >= 0.3 is 0 Å². The molecule has 0 rings (SSSR count). The average Bonchev–Trinajstić information content (AvgIpc) is 2.39. The van der Waals surface area contributed by atoms with Gasteiger partial charge in [0, 0.05) is 13.2 Å². The molecule has 0 heterocycles. The van der Waals surface area contributed by atoms with E-state index in [0.29, 0.717) is 0 Å². The summed E-state index contributed by atoms with van der Waals surface area (Å²) in [6.45, 7) is 5.31. The van der Waals surface area contributed by atoms with Crippen LogP contribution in [0.4, 0.5) is 0 Å². The van der Waals surface area contributed by atoms with Crippen LogP contribution in [0.25, 0.3) is 0 Å². The molecular formula is C17H37NO. The van der Waals surface area contributed by atoms with Gasteiger partial charge in [-0.1, -0.05) is 64.7 Å². The van der Waals surface area contributed by atoms with E-state index in [-0.39, 0.29) is 0 Å². The Kier molecular flexibility index (Phi) is 15.9. The van der Waals surface area contributed by atoms with Gasteiger partial charge in [-0.05, 0) is 33.5 Å². The zero-order valence-electron chi connectivity index (χ0n) is 13.8. The van der Waals surface area contributed by atoms with Gasteiger partial charge < -0.3 is 9.64 Å². The number of nitrogens with zero attached hydrogens (tertiary/aromatic N) is 1. The Morgan fingerprint density at radius 1 is 0.632 bits per heavy atom. The summed E-state index contributed by atoms with van der Waals surface area (Å²) < 4.78 is 5.63. The Labute approximate surface area is 121 Å². The number of rotatable bonds is 15. The first kappa shape index (κ1) is 18.9. The van der Waals surface area contributed by atoms with Gasteiger partial charge in [0.2, 0.25) is 0 Å². The second kappa shape index (κ2) is 16.0. The molecule has 0 saturated carbocycles. The topological polar surface area (TPSA) is 12.5 Å². The first-order valence-electron chi connectivity index (χ1n) is 8.50. The van der Waals surface area contributed by atoms with Crippen LogP contribution in [-0.4, -0.2) is 38.8 Å². The predicted molar refractivity (Wildman–Crippen MR) is 85.8 cm³/mol. The lowest BCUT2D eigenvalue weighted by Crippen LogP contribution is -2.14. The highest BCUT2D eigenvalue weighted by molar-refractivity contribution is 4.48. The summed E-state index contributed by atoms with van der Waals surface area (Å²) in [6.07, 6.45) is 15.1. The third-order valence-corrected chi connectivity index (χ3v) is 3.54. The third-order valence-electron chi connectivity index (χ3n) is 3.54. The van der Waals surface area contributed by atoms with E-state index >= 15 is 0 Å². The maximum Gasteiger partial charge on any atom is 0.0478 e. The van der Waals surface area contributed by atoms with Crippen LogP contribution >= 0.6 is 0 Å². The summed E-state index contributed by atoms with van der Waals surface area (Å²) in [5, 5.41) is 0. The standard InChI is InChI=1S/C17H37NO/c1-4-5-6-7-8-9-10-11-12-13-16-19-17-14-15-18(2)3/h4-17H2,1-3H3. The van der Waals surface area contributed by atoms with Crippen molar-refractivity contribution in [3.63, 3.8) is 0 Å². The van der Waals surface area contributed by atoms with Crippen LogP contribution in [0.15, 0.2) is 0 Å². The summed E-state index contributed by atoms with van der Waals surface area (Å²) in [4.78, 5) is 2.21. The zero-order chi connectivity index (χ0) is 14.2. The van der Waals surface area contributed by atoms with Crippen LogP contribution in [0.3, 0.4) is 0 Å². The van der Waals surface area contributed by atoms with Gasteiger partial charge in [0.15, 0.2) is 0 Å². The molecule has 0 amide bonds. The van der Waals surface area contributed by atoms with Crippen molar-refractivity contribution in [1.29, 1.82) is 0 Å². The monoisotopic (exact) mass is 271 g/mol. The summed E-state index contributed by atoms with van der Waals surface area (Å²) in [6, 6.07) is 0. The van der Waals surface area contributed by atoms with E-state index in [4.69, 9.17) is 4.74 Å². The van der Waals surface area contributed by atoms with Crippen molar-refractivity contribution in [2.45, 2.75) is 77.6 Å². The highest BCUT2D eigenvalue weighted by Crippen LogP contribution is 2.10. The van der Waals surface area contributed by atoms with E-state index in [9.17, 15) is 0 Å². The van der Waals surface area contributed by atoms with Crippen molar-refractivity contribution in [2.24, 2.45) is 0 Å². The molecular weight excluding hydrogens is 234 g/mol. The molecule has 0 radical (unpaired) electrons. The molecule has 116 valence electrons. The Hall–Kier alpha value is -0.0800. The molecule has 0 saturated heterocycles. The summed E-state index contributed by atoms with van der Waals surface area (Å²) in [5.41, 5.74) is 0. The van der Waals surface area contributed by atoms with Gasteiger partial charge in [0.25, 0.3) is 0 Å². The summed E-state index contributed by atoms with van der Waals surface area (Å²) in [7, 11) is 4.23. The minimum Gasteiger partial charge on any atom is -0.381 e. The van der Waals surface area contributed by atoms with E-state index in [0.717, 1.165) is 26.2 Å². The zero-order valence-corrected chi connectivity index (χ0v) is 13.8. The van der Waals surface area contributed by atoms with Gasteiger partial charge in [0.1, 0.15) is 0 Å². The summed E-state index contributed by atoms with van der Waals surface area (Å²) >= 11 is 0. The van der Waals surface area contributed by atoms with Gasteiger partial charge in [-0.3, -0.25) is 0 Å². The maximum absolute atomic E-state index is 5.63. The van der Waals surface area contributed by atoms with Crippen molar-refractivity contribution in [1.82, 2.24) is 4.90 Å². The molecule has 2 heteroatoms. The van der Waals surface area contributed by atoms with Crippen molar-refractivity contribution in [3.05, 3.63) is 0 Å². The molecule has 0 aliphatic heterocycles. The molecule has 0 aromatic carbocycles. The molecule has 0 fully saturated rings. The Balaban J connectivity index is 2.91. The minimum absolute atomic E-state index is 0.926. The molecule has 0 atom stereocenters. The van der Waals surface area contributed by atoms with E-state index < -0.39 is 0 Å². The summed E-state index contributed by atoms with van der Waals surface area (Å²) in [5.74, 6) is 0. The number of hydrogen-bond acceptors (Lipinski definition) is 2. The van der Waals surface area contributed by atoms with Crippen LogP contribution in [-0.2, 0) is 4.74 Å². The fourth-order valence-corrected chi connectivity index (χ4v) is 2.28. The highest BCUT2D eigenvalue weighted by Gasteiger charge is 1.94. The van der Waals surface area contributed by atoms with Crippen molar-refractivity contribution < 1.29 is 4.74 Å². The van der Waals surface area contributed by atoms with E-state index in [2.05, 4.69) is 25.9 Å². The molecule has 0 unspecified atom stereocenters. The van der Waals surface area contributed by atoms with E-state index in [1.54, 1.807) is 0 Å². The quantitative estimate of drug-likeness (QED) is 0.394. The molecule has 0 aliphatic carbocycles. The molecule has 0 aromatic heterocycles. The minimum atomic E-state index is 0.926. The molecule has 0 N–H and O–H groups in total. The van der Waals surface area contributed by atoms with Crippen LogP contribution in [0.1, 0.15) is 77.6 Å². The molecule has 0 aliphatic rings. The Morgan fingerprint density at radius 3 is 1.63 bits per heavy atom. The molecule has 2 nitrogen and oxygen atoms in total. The largest absolute Gasteiger partial charge is 0.381 e. The number of hydrogen-bond donors (Lipinski definition) is 0.